The van der Waals surface area contributed by atoms with E-state index >= 15 is 0 Å². The van der Waals surface area contributed by atoms with Gasteiger partial charge in [0.15, 0.2) is 6.10 Å². The molecule has 44 valence electrons. The average Bonchev–Trinajstić information content (AvgIpc) is 1.83. The summed E-state index contributed by atoms with van der Waals surface area (Å²) in [5, 5.41) is 0.488. The largest absolute Gasteiger partial charge is 0.450 e. The zero-order valence-corrected chi connectivity index (χ0v) is 5.72. The molecule has 0 aromatic heterocycles. The Labute approximate surface area is 56.3 Å². The van der Waals surface area contributed by atoms with Gasteiger partial charge in [0.2, 0.25) is 0 Å². The summed E-state index contributed by atoms with van der Waals surface area (Å²) in [6.45, 7) is 0.339. The minimum absolute atomic E-state index is 0.339. The Bertz CT molecular complexity index is 105. The van der Waals surface area contributed by atoms with Crippen LogP contribution >= 0.6 is 15.9 Å². The van der Waals surface area contributed by atoms with Gasteiger partial charge in [0.1, 0.15) is 0 Å². The van der Waals surface area contributed by atoms with Crippen molar-refractivity contribution >= 4 is 22.4 Å². The van der Waals surface area contributed by atoms with E-state index in [0.717, 1.165) is 0 Å². The number of hydrogen-bond donors (Lipinski definition) is 0. The Hall–Kier alpha value is -0.490. The zero-order chi connectivity index (χ0) is 6.41. The van der Waals surface area contributed by atoms with Crippen LogP contribution in [0.25, 0.3) is 0 Å². The highest BCUT2D eigenvalue weighted by molar-refractivity contribution is 9.09. The van der Waals surface area contributed by atoms with Crippen LogP contribution < -0.4 is 0 Å². The Morgan fingerprint density at radius 2 is 2.62 bits per heavy atom. The van der Waals surface area contributed by atoms with Gasteiger partial charge in [-0.05, 0) is 0 Å². The minimum atomic E-state index is -0.424. The van der Waals surface area contributed by atoms with Gasteiger partial charge in [-0.15, -0.1) is 6.42 Å². The molecule has 1 atom stereocenters. The third-order valence-corrected chi connectivity index (χ3v) is 1.13. The maximum absolute atomic E-state index is 9.59. The van der Waals surface area contributed by atoms with E-state index in [1.807, 2.05) is 0 Å². The van der Waals surface area contributed by atoms with Gasteiger partial charge in [0.05, 0.1) is 5.33 Å². The van der Waals surface area contributed by atoms with Crippen LogP contribution in [0.1, 0.15) is 0 Å². The van der Waals surface area contributed by atoms with Crippen LogP contribution in [-0.2, 0) is 9.53 Å². The maximum Gasteiger partial charge on any atom is 0.294 e. The second-order valence-corrected chi connectivity index (χ2v) is 1.69. The average molecular weight is 177 g/mol. The molecule has 0 saturated carbocycles. The highest BCUT2D eigenvalue weighted by atomic mass is 79.9. The van der Waals surface area contributed by atoms with E-state index < -0.39 is 6.10 Å². The molecule has 0 saturated heterocycles. The first kappa shape index (κ1) is 7.51. The summed E-state index contributed by atoms with van der Waals surface area (Å²) >= 11 is 3.05. The molecule has 0 aliphatic rings. The van der Waals surface area contributed by atoms with Gasteiger partial charge in [-0.3, -0.25) is 4.79 Å². The lowest BCUT2D eigenvalue weighted by Crippen LogP contribution is -2.09. The lowest BCUT2D eigenvalue weighted by Gasteiger charge is -2.00. The Morgan fingerprint density at radius 3 is 2.75 bits per heavy atom. The van der Waals surface area contributed by atoms with Crippen molar-refractivity contribution in [3.63, 3.8) is 0 Å². The van der Waals surface area contributed by atoms with Crippen LogP contribution in [0.4, 0.5) is 0 Å². The molecule has 0 aromatic carbocycles. The van der Waals surface area contributed by atoms with Crippen LogP contribution in [0.2, 0.25) is 0 Å². The summed E-state index contributed by atoms with van der Waals surface area (Å²) < 4.78 is 4.38. The Morgan fingerprint density at radius 1 is 2.00 bits per heavy atom. The molecule has 0 aliphatic heterocycles. The van der Waals surface area contributed by atoms with Crippen LogP contribution in [0.5, 0.6) is 0 Å². The van der Waals surface area contributed by atoms with Crippen LogP contribution in [-0.4, -0.2) is 17.9 Å². The summed E-state index contributed by atoms with van der Waals surface area (Å²) in [7, 11) is 0. The monoisotopic (exact) mass is 176 g/mol. The summed E-state index contributed by atoms with van der Waals surface area (Å²) in [5.41, 5.74) is 0. The second-order valence-electron chi connectivity index (χ2n) is 1.04. The number of terminal acetylenes is 1. The molecule has 0 spiro atoms. The quantitative estimate of drug-likeness (QED) is 0.357. The summed E-state index contributed by atoms with van der Waals surface area (Å²) in [6.07, 6.45) is 4.48. The van der Waals surface area contributed by atoms with Crippen LogP contribution in [0.3, 0.4) is 0 Å². The van der Waals surface area contributed by atoms with Gasteiger partial charge in [-0.25, -0.2) is 0 Å². The van der Waals surface area contributed by atoms with Crippen molar-refractivity contribution in [3.05, 3.63) is 0 Å². The number of alkyl halides is 1. The molecular formula is C5H5BrO2. The topological polar surface area (TPSA) is 26.3 Å². The highest BCUT2D eigenvalue weighted by Crippen LogP contribution is 1.91. The molecule has 0 amide bonds. The third-order valence-electron chi connectivity index (χ3n) is 0.546. The van der Waals surface area contributed by atoms with Gasteiger partial charge in [0.25, 0.3) is 6.47 Å². The van der Waals surface area contributed by atoms with Crippen molar-refractivity contribution in [2.45, 2.75) is 6.10 Å². The van der Waals surface area contributed by atoms with Crippen molar-refractivity contribution in [1.29, 1.82) is 0 Å². The van der Waals surface area contributed by atoms with E-state index in [2.05, 4.69) is 26.6 Å². The molecule has 3 heteroatoms. The summed E-state index contributed by atoms with van der Waals surface area (Å²) in [4.78, 5) is 9.59. The molecular weight excluding hydrogens is 172 g/mol. The lowest BCUT2D eigenvalue weighted by atomic mass is 10.4. The predicted molar refractivity (Wildman–Crippen MR) is 33.6 cm³/mol. The van der Waals surface area contributed by atoms with Gasteiger partial charge in [-0.2, -0.15) is 0 Å². The van der Waals surface area contributed by atoms with E-state index in [1.54, 1.807) is 0 Å². The number of hydrogen-bond acceptors (Lipinski definition) is 2. The van der Waals surface area contributed by atoms with E-state index in [0.29, 0.717) is 11.8 Å². The molecule has 0 aromatic rings. The smallest absolute Gasteiger partial charge is 0.294 e. The molecule has 0 fully saturated rings. The van der Waals surface area contributed by atoms with Crippen molar-refractivity contribution in [3.8, 4) is 12.3 Å². The molecule has 0 aliphatic carbocycles. The third kappa shape index (κ3) is 2.64. The minimum Gasteiger partial charge on any atom is -0.450 e. The van der Waals surface area contributed by atoms with Gasteiger partial charge >= 0.3 is 0 Å². The van der Waals surface area contributed by atoms with E-state index in [4.69, 9.17) is 6.42 Å². The standard InChI is InChI=1S/C5H5BrO2/c1-2-5(3-6)8-4-7/h1,4-5H,3H2. The number of carbonyl (C=O) groups is 1. The zero-order valence-electron chi connectivity index (χ0n) is 4.13. The molecule has 0 bridgehead atoms. The first-order valence-corrected chi connectivity index (χ1v) is 3.08. The van der Waals surface area contributed by atoms with Crippen molar-refractivity contribution in [2.24, 2.45) is 0 Å². The van der Waals surface area contributed by atoms with E-state index in [-0.39, 0.29) is 0 Å². The SMILES string of the molecule is C#CC(CBr)OC=O. The Balaban J connectivity index is 3.40. The van der Waals surface area contributed by atoms with Gasteiger partial charge in [0, 0.05) is 0 Å². The fourth-order valence-corrected chi connectivity index (χ4v) is 0.527. The molecule has 0 heterocycles. The maximum atomic E-state index is 9.59. The molecule has 8 heavy (non-hydrogen) atoms. The van der Waals surface area contributed by atoms with E-state index in [1.165, 1.54) is 0 Å². The van der Waals surface area contributed by atoms with Crippen molar-refractivity contribution in [1.82, 2.24) is 0 Å². The van der Waals surface area contributed by atoms with Crippen LogP contribution in [0, 0.1) is 12.3 Å². The fraction of sp³-hybridized carbons (Fsp3) is 0.400. The molecule has 0 radical (unpaired) electrons. The number of carbonyl (C=O) groups excluding carboxylic acids is 1. The van der Waals surface area contributed by atoms with Gasteiger partial charge in [-0.1, -0.05) is 21.9 Å². The first-order valence-electron chi connectivity index (χ1n) is 1.96. The van der Waals surface area contributed by atoms with Crippen LogP contribution in [0.15, 0.2) is 0 Å². The Kier molecular flexibility index (Phi) is 4.38. The van der Waals surface area contributed by atoms with E-state index in [9.17, 15) is 4.79 Å². The first-order chi connectivity index (χ1) is 3.85. The molecule has 2 nitrogen and oxygen atoms in total. The second kappa shape index (κ2) is 4.66. The fourth-order valence-electron chi connectivity index (χ4n) is 0.187. The molecule has 0 N–H and O–H groups in total. The summed E-state index contributed by atoms with van der Waals surface area (Å²) in [6, 6.07) is 0. The molecule has 1 unspecified atom stereocenters. The number of rotatable bonds is 3. The predicted octanol–water partition coefficient (Wildman–Crippen LogP) is 0.556. The summed E-state index contributed by atoms with van der Waals surface area (Å²) in [5.74, 6) is 2.25. The van der Waals surface area contributed by atoms with Crippen molar-refractivity contribution < 1.29 is 9.53 Å². The van der Waals surface area contributed by atoms with Gasteiger partial charge < -0.3 is 4.74 Å². The van der Waals surface area contributed by atoms with Crippen molar-refractivity contribution in [2.75, 3.05) is 5.33 Å². The molecule has 0 rings (SSSR count). The normalized spacial score (nSPS) is 11.5. The highest BCUT2D eigenvalue weighted by Gasteiger charge is 1.98. The number of ether oxygens (including phenoxy) is 1. The lowest BCUT2D eigenvalue weighted by molar-refractivity contribution is -0.130. The number of halogens is 1.